The molecule has 0 aliphatic carbocycles. The summed E-state index contributed by atoms with van der Waals surface area (Å²) in [5.74, 6) is 0. The first-order valence-electron chi connectivity index (χ1n) is 6.43. The Bertz CT molecular complexity index is 733. The Morgan fingerprint density at radius 1 is 1.21 bits per heavy atom. The van der Waals surface area contributed by atoms with E-state index in [9.17, 15) is 9.59 Å². The topological polar surface area (TPSA) is 65.1 Å². The highest BCUT2D eigenvalue weighted by atomic mass is 16.2. The van der Waals surface area contributed by atoms with E-state index in [0.717, 1.165) is 25.9 Å². The molecular weight excluding hydrogens is 246 g/mol. The van der Waals surface area contributed by atoms with E-state index in [-0.39, 0.29) is 11.2 Å². The lowest BCUT2D eigenvalue weighted by atomic mass is 10.4. The van der Waals surface area contributed by atoms with Gasteiger partial charge >= 0.3 is 5.69 Å². The Hall–Kier alpha value is -1.89. The van der Waals surface area contributed by atoms with Crippen LogP contribution in [0.25, 0.3) is 11.2 Å². The second kappa shape index (κ2) is 4.34. The smallest absolute Gasteiger partial charge is 0.300 e. The van der Waals surface area contributed by atoms with Gasteiger partial charge in [0.1, 0.15) is 0 Å². The van der Waals surface area contributed by atoms with E-state index in [4.69, 9.17) is 0 Å². The van der Waals surface area contributed by atoms with Crippen molar-refractivity contribution in [2.24, 2.45) is 14.1 Å². The molecule has 0 radical (unpaired) electrons. The number of rotatable bonds is 2. The molecule has 3 rings (SSSR count). The van der Waals surface area contributed by atoms with Gasteiger partial charge in [-0.05, 0) is 25.9 Å². The van der Waals surface area contributed by atoms with E-state index in [2.05, 4.69) is 9.88 Å². The van der Waals surface area contributed by atoms with E-state index in [1.54, 1.807) is 14.1 Å². The molecule has 7 heteroatoms. The molecule has 0 amide bonds. The van der Waals surface area contributed by atoms with Crippen molar-refractivity contribution in [3.8, 4) is 0 Å². The van der Waals surface area contributed by atoms with Crippen molar-refractivity contribution in [2.45, 2.75) is 19.5 Å². The minimum absolute atomic E-state index is 0.179. The maximum Gasteiger partial charge on any atom is 0.331 e. The molecule has 0 aromatic carbocycles. The third-order valence-electron chi connectivity index (χ3n) is 3.73. The van der Waals surface area contributed by atoms with Crippen LogP contribution in [0.3, 0.4) is 0 Å². The molecule has 1 fully saturated rings. The molecule has 0 atom stereocenters. The Kier molecular flexibility index (Phi) is 2.78. The fraction of sp³-hybridized carbons (Fsp3) is 0.583. The van der Waals surface area contributed by atoms with Crippen molar-refractivity contribution in [3.63, 3.8) is 0 Å². The lowest BCUT2D eigenvalue weighted by Crippen LogP contribution is -2.32. The molecule has 0 saturated carbocycles. The number of aromatic nitrogens is 4. The highest BCUT2D eigenvalue weighted by Crippen LogP contribution is 2.10. The molecule has 2 aromatic rings. The summed E-state index contributed by atoms with van der Waals surface area (Å²) in [4.78, 5) is 30.8. The van der Waals surface area contributed by atoms with Gasteiger partial charge in [0.2, 0.25) is 0 Å². The van der Waals surface area contributed by atoms with Crippen LogP contribution in [0.5, 0.6) is 0 Å². The molecule has 0 spiro atoms. The predicted octanol–water partition coefficient (Wildman–Crippen LogP) is -0.513. The summed E-state index contributed by atoms with van der Waals surface area (Å²) in [5.41, 5.74) is 0.483. The summed E-state index contributed by atoms with van der Waals surface area (Å²) in [6, 6.07) is 0. The van der Waals surface area contributed by atoms with Crippen LogP contribution >= 0.6 is 0 Å². The molecule has 3 heterocycles. The largest absolute Gasteiger partial charge is 0.331 e. The number of aryl methyl sites for hydroxylation is 2. The van der Waals surface area contributed by atoms with Crippen LogP contribution in [-0.4, -0.2) is 36.7 Å². The van der Waals surface area contributed by atoms with Gasteiger partial charge in [-0.15, -0.1) is 0 Å². The fourth-order valence-electron chi connectivity index (χ4n) is 2.62. The molecule has 2 aromatic heterocycles. The monoisotopic (exact) mass is 263 g/mol. The standard InChI is InChI=1S/C12H17N5O2/c1-14-7-13-10-9(11(14)18)17(12(19)15(10)2)8-16-5-3-4-6-16/h7H,3-6,8H2,1-2H3. The van der Waals surface area contributed by atoms with Crippen molar-refractivity contribution in [1.82, 2.24) is 23.6 Å². The van der Waals surface area contributed by atoms with E-state index in [1.807, 2.05) is 0 Å². The first-order chi connectivity index (χ1) is 9.09. The summed E-state index contributed by atoms with van der Waals surface area (Å²) >= 11 is 0. The van der Waals surface area contributed by atoms with E-state index in [0.29, 0.717) is 17.8 Å². The first kappa shape index (κ1) is 12.2. The van der Waals surface area contributed by atoms with Crippen LogP contribution in [0.1, 0.15) is 12.8 Å². The average Bonchev–Trinajstić information content (AvgIpc) is 2.98. The second-order valence-corrected chi connectivity index (χ2v) is 5.07. The molecule has 1 saturated heterocycles. The fourth-order valence-corrected chi connectivity index (χ4v) is 2.62. The average molecular weight is 263 g/mol. The SMILES string of the molecule is Cn1cnc2c(c1=O)n(CN1CCCC1)c(=O)n2C. The lowest BCUT2D eigenvalue weighted by molar-refractivity contribution is 0.269. The molecule has 1 aliphatic rings. The summed E-state index contributed by atoms with van der Waals surface area (Å²) in [7, 11) is 3.30. The maximum atomic E-state index is 12.3. The molecule has 102 valence electrons. The Morgan fingerprint density at radius 2 is 1.89 bits per heavy atom. The third kappa shape index (κ3) is 1.81. The maximum absolute atomic E-state index is 12.3. The Labute approximate surface area is 109 Å². The van der Waals surface area contributed by atoms with E-state index in [1.165, 1.54) is 20.0 Å². The van der Waals surface area contributed by atoms with Crippen molar-refractivity contribution >= 4 is 11.2 Å². The summed E-state index contributed by atoms with van der Waals surface area (Å²) in [6.07, 6.45) is 3.75. The van der Waals surface area contributed by atoms with Gasteiger partial charge in [-0.25, -0.2) is 9.78 Å². The van der Waals surface area contributed by atoms with E-state index < -0.39 is 0 Å². The highest BCUT2D eigenvalue weighted by Gasteiger charge is 2.19. The third-order valence-corrected chi connectivity index (χ3v) is 3.73. The van der Waals surface area contributed by atoms with Crippen LogP contribution in [0, 0.1) is 0 Å². The van der Waals surface area contributed by atoms with Gasteiger partial charge in [0, 0.05) is 14.1 Å². The second-order valence-electron chi connectivity index (χ2n) is 5.07. The van der Waals surface area contributed by atoms with E-state index >= 15 is 0 Å². The van der Waals surface area contributed by atoms with Gasteiger partial charge < -0.3 is 4.57 Å². The van der Waals surface area contributed by atoms with Gasteiger partial charge in [0.15, 0.2) is 11.2 Å². The molecular formula is C12H17N5O2. The van der Waals surface area contributed by atoms with Crippen LogP contribution in [-0.2, 0) is 20.8 Å². The van der Waals surface area contributed by atoms with Crippen LogP contribution in [0.2, 0.25) is 0 Å². The zero-order valence-corrected chi connectivity index (χ0v) is 11.2. The zero-order chi connectivity index (χ0) is 13.6. The van der Waals surface area contributed by atoms with Crippen molar-refractivity contribution in [3.05, 3.63) is 27.2 Å². The minimum atomic E-state index is -0.183. The minimum Gasteiger partial charge on any atom is -0.300 e. The Morgan fingerprint density at radius 3 is 2.58 bits per heavy atom. The summed E-state index contributed by atoms with van der Waals surface area (Å²) in [6.45, 7) is 2.42. The van der Waals surface area contributed by atoms with Crippen molar-refractivity contribution < 1.29 is 0 Å². The predicted molar refractivity (Wildman–Crippen MR) is 71.0 cm³/mol. The number of nitrogens with zero attached hydrogens (tertiary/aromatic N) is 5. The van der Waals surface area contributed by atoms with Gasteiger partial charge in [-0.3, -0.25) is 18.8 Å². The van der Waals surface area contributed by atoms with Crippen molar-refractivity contribution in [1.29, 1.82) is 0 Å². The summed E-state index contributed by atoms with van der Waals surface area (Å²) in [5, 5.41) is 0. The number of fused-ring (bicyclic) bond motifs is 1. The van der Waals surface area contributed by atoms with Gasteiger partial charge in [-0.1, -0.05) is 0 Å². The van der Waals surface area contributed by atoms with Crippen LogP contribution < -0.4 is 11.2 Å². The molecule has 0 N–H and O–H groups in total. The molecule has 19 heavy (non-hydrogen) atoms. The number of hydrogen-bond donors (Lipinski definition) is 0. The highest BCUT2D eigenvalue weighted by molar-refractivity contribution is 5.69. The van der Waals surface area contributed by atoms with Crippen LogP contribution in [0.15, 0.2) is 15.9 Å². The van der Waals surface area contributed by atoms with Crippen LogP contribution in [0.4, 0.5) is 0 Å². The molecule has 7 nitrogen and oxygen atoms in total. The number of imidazole rings is 1. The quantitative estimate of drug-likeness (QED) is 0.732. The lowest BCUT2D eigenvalue weighted by Gasteiger charge is -2.14. The molecule has 1 aliphatic heterocycles. The number of hydrogen-bond acceptors (Lipinski definition) is 4. The molecule has 0 bridgehead atoms. The number of likely N-dealkylation sites (tertiary alicyclic amines) is 1. The van der Waals surface area contributed by atoms with Gasteiger partial charge in [0.05, 0.1) is 13.0 Å². The summed E-state index contributed by atoms with van der Waals surface area (Å²) < 4.78 is 4.38. The molecule has 0 unspecified atom stereocenters. The van der Waals surface area contributed by atoms with Gasteiger partial charge in [0.25, 0.3) is 5.56 Å². The normalized spacial score (nSPS) is 16.5. The Balaban J connectivity index is 2.22. The zero-order valence-electron chi connectivity index (χ0n) is 11.2. The van der Waals surface area contributed by atoms with Crippen molar-refractivity contribution in [2.75, 3.05) is 13.1 Å². The first-order valence-corrected chi connectivity index (χ1v) is 6.43. The van der Waals surface area contributed by atoms with Gasteiger partial charge in [-0.2, -0.15) is 0 Å².